The van der Waals surface area contributed by atoms with E-state index in [4.69, 9.17) is 5.53 Å². The third-order valence-corrected chi connectivity index (χ3v) is 1.19. The molecular formula is C5H5F3N4. The second-order valence-corrected chi connectivity index (χ2v) is 2.05. The van der Waals surface area contributed by atoms with Gasteiger partial charge in [0.2, 0.25) is 6.29 Å². The number of alkyl halides is 3. The highest BCUT2D eigenvalue weighted by molar-refractivity contribution is 5.80. The summed E-state index contributed by atoms with van der Waals surface area (Å²) >= 11 is 0. The smallest absolute Gasteiger partial charge is 0.350 e. The molecule has 0 aromatic carbocycles. The van der Waals surface area contributed by atoms with E-state index >= 15 is 0 Å². The minimum atomic E-state index is -4.40. The van der Waals surface area contributed by atoms with E-state index in [2.05, 4.69) is 15.4 Å². The molecule has 66 valence electrons. The molecule has 0 fully saturated rings. The Balaban J connectivity index is 2.70. The van der Waals surface area contributed by atoms with Gasteiger partial charge >= 0.3 is 6.18 Å². The number of nitrogens with zero attached hydrogens (tertiary/aromatic N) is 2. The molecule has 1 heterocycles. The molecule has 0 radical (unpaired) electrons. The quantitative estimate of drug-likeness (QED) is 0.586. The Labute approximate surface area is 65.7 Å². The molecule has 0 saturated heterocycles. The lowest BCUT2D eigenvalue weighted by atomic mass is 10.3. The minimum absolute atomic E-state index is 0.652. The molecule has 4 nitrogen and oxygen atoms in total. The van der Waals surface area contributed by atoms with Crippen LogP contribution in [0.1, 0.15) is 0 Å². The normalized spacial score (nSPS) is 22.9. The summed E-state index contributed by atoms with van der Waals surface area (Å²) in [7, 11) is 0. The van der Waals surface area contributed by atoms with Crippen LogP contribution in [-0.4, -0.2) is 18.7 Å². The van der Waals surface area contributed by atoms with E-state index in [-0.39, 0.29) is 0 Å². The maximum absolute atomic E-state index is 11.9. The minimum Gasteiger partial charge on any atom is -0.350 e. The molecule has 0 aliphatic carbocycles. The van der Waals surface area contributed by atoms with Crippen LogP contribution in [0.25, 0.3) is 0 Å². The Hall–Kier alpha value is -1.40. The van der Waals surface area contributed by atoms with Crippen LogP contribution in [0, 0.1) is 5.53 Å². The summed E-state index contributed by atoms with van der Waals surface area (Å²) in [6, 6.07) is 0. The molecule has 0 aromatic rings. The van der Waals surface area contributed by atoms with Gasteiger partial charge in [0.1, 0.15) is 0 Å². The zero-order valence-electron chi connectivity index (χ0n) is 5.76. The summed E-state index contributed by atoms with van der Waals surface area (Å²) < 4.78 is 35.7. The van der Waals surface area contributed by atoms with Crippen molar-refractivity contribution in [2.75, 3.05) is 0 Å². The lowest BCUT2D eigenvalue weighted by Gasteiger charge is -2.14. The average Bonchev–Trinajstić information content (AvgIpc) is 2.03. The van der Waals surface area contributed by atoms with Crippen molar-refractivity contribution >= 4 is 6.21 Å². The first-order valence-electron chi connectivity index (χ1n) is 2.97. The van der Waals surface area contributed by atoms with Crippen LogP contribution in [-0.2, 0) is 0 Å². The maximum Gasteiger partial charge on any atom is 0.419 e. The molecule has 12 heavy (non-hydrogen) atoms. The highest BCUT2D eigenvalue weighted by atomic mass is 19.4. The molecule has 0 amide bonds. The summed E-state index contributed by atoms with van der Waals surface area (Å²) in [6.45, 7) is 0. The molecule has 1 unspecified atom stereocenters. The predicted molar refractivity (Wildman–Crippen MR) is 34.7 cm³/mol. The summed E-state index contributed by atoms with van der Waals surface area (Å²) in [5.74, 6) is 0. The van der Waals surface area contributed by atoms with Crippen molar-refractivity contribution in [3.8, 4) is 0 Å². The van der Waals surface area contributed by atoms with Crippen molar-refractivity contribution in [3.05, 3.63) is 11.8 Å². The Bertz CT molecular complexity index is 242. The van der Waals surface area contributed by atoms with Gasteiger partial charge in [-0.3, -0.25) is 0 Å². The van der Waals surface area contributed by atoms with Gasteiger partial charge in [0.05, 0.1) is 5.57 Å². The SMILES string of the molecule is N=NC1N=CC(C(F)(F)F)=CN1. The first kappa shape index (κ1) is 8.69. The standard InChI is InChI=1S/C5H5F3N4/c6-5(7,8)3-1-10-4(12-9)11-2-3/h1-2,4,9-10H. The third kappa shape index (κ3) is 1.80. The molecule has 1 atom stereocenters. The predicted octanol–water partition coefficient (Wildman–Crippen LogP) is 1.42. The number of hydrogen-bond acceptors (Lipinski definition) is 4. The number of rotatable bonds is 1. The van der Waals surface area contributed by atoms with Gasteiger partial charge in [-0.25, -0.2) is 10.5 Å². The lowest BCUT2D eigenvalue weighted by Crippen LogP contribution is -2.27. The number of aliphatic imine (C=N–C) groups is 1. The van der Waals surface area contributed by atoms with Gasteiger partial charge in [0, 0.05) is 12.4 Å². The molecule has 1 rings (SSSR count). The van der Waals surface area contributed by atoms with Crippen LogP contribution >= 0.6 is 0 Å². The molecule has 0 bridgehead atoms. The maximum atomic E-state index is 11.9. The number of halogens is 3. The topological polar surface area (TPSA) is 60.6 Å². The van der Waals surface area contributed by atoms with E-state index in [0.717, 1.165) is 6.20 Å². The Kier molecular flexibility index (Phi) is 2.11. The first-order valence-corrected chi connectivity index (χ1v) is 2.97. The van der Waals surface area contributed by atoms with Crippen molar-refractivity contribution in [3.63, 3.8) is 0 Å². The highest BCUT2D eigenvalue weighted by Crippen LogP contribution is 2.24. The second-order valence-electron chi connectivity index (χ2n) is 2.05. The zero-order chi connectivity index (χ0) is 9.19. The summed E-state index contributed by atoms with van der Waals surface area (Å²) in [5.41, 5.74) is 5.58. The van der Waals surface area contributed by atoms with Crippen molar-refractivity contribution in [1.82, 2.24) is 5.32 Å². The molecule has 2 N–H and O–H groups in total. The number of nitrogens with one attached hydrogen (secondary N) is 2. The van der Waals surface area contributed by atoms with Crippen LogP contribution in [0.15, 0.2) is 21.9 Å². The fourth-order valence-electron chi connectivity index (χ4n) is 0.621. The van der Waals surface area contributed by atoms with Crippen LogP contribution in [0.2, 0.25) is 0 Å². The molecule has 0 saturated carbocycles. The van der Waals surface area contributed by atoms with Crippen LogP contribution in [0.5, 0.6) is 0 Å². The Morgan fingerprint density at radius 2 is 2.25 bits per heavy atom. The average molecular weight is 178 g/mol. The van der Waals surface area contributed by atoms with Crippen molar-refractivity contribution in [2.45, 2.75) is 12.5 Å². The van der Waals surface area contributed by atoms with Gasteiger partial charge < -0.3 is 5.32 Å². The Morgan fingerprint density at radius 1 is 1.58 bits per heavy atom. The van der Waals surface area contributed by atoms with E-state index in [1.807, 2.05) is 0 Å². The fraction of sp³-hybridized carbons (Fsp3) is 0.400. The van der Waals surface area contributed by atoms with E-state index in [1.54, 1.807) is 0 Å². The monoisotopic (exact) mass is 178 g/mol. The third-order valence-electron chi connectivity index (χ3n) is 1.19. The zero-order valence-corrected chi connectivity index (χ0v) is 5.76. The second kappa shape index (κ2) is 2.92. The van der Waals surface area contributed by atoms with Crippen LogP contribution in [0.4, 0.5) is 13.2 Å². The van der Waals surface area contributed by atoms with E-state index < -0.39 is 18.0 Å². The van der Waals surface area contributed by atoms with Gasteiger partial charge in [0.25, 0.3) is 0 Å². The lowest BCUT2D eigenvalue weighted by molar-refractivity contribution is -0.0862. The van der Waals surface area contributed by atoms with Crippen molar-refractivity contribution in [1.29, 1.82) is 5.53 Å². The molecule has 1 aliphatic rings. The summed E-state index contributed by atoms with van der Waals surface area (Å²) in [4.78, 5) is 3.32. The highest BCUT2D eigenvalue weighted by Gasteiger charge is 2.33. The molecule has 7 heteroatoms. The van der Waals surface area contributed by atoms with E-state index in [1.165, 1.54) is 0 Å². The van der Waals surface area contributed by atoms with Gasteiger partial charge in [-0.2, -0.15) is 13.2 Å². The fourth-order valence-corrected chi connectivity index (χ4v) is 0.621. The molecular weight excluding hydrogens is 173 g/mol. The van der Waals surface area contributed by atoms with E-state index in [9.17, 15) is 13.2 Å². The van der Waals surface area contributed by atoms with Gasteiger partial charge in [-0.05, 0) is 0 Å². The van der Waals surface area contributed by atoms with Gasteiger partial charge in [-0.1, -0.05) is 0 Å². The molecule has 0 spiro atoms. The molecule has 1 aliphatic heterocycles. The summed E-state index contributed by atoms with van der Waals surface area (Å²) in [5, 5.41) is 5.08. The van der Waals surface area contributed by atoms with Crippen molar-refractivity contribution < 1.29 is 13.2 Å². The van der Waals surface area contributed by atoms with Crippen molar-refractivity contribution in [2.24, 2.45) is 10.1 Å². The van der Waals surface area contributed by atoms with Gasteiger partial charge in [-0.15, -0.1) is 5.11 Å². The van der Waals surface area contributed by atoms with Gasteiger partial charge in [0.15, 0.2) is 0 Å². The van der Waals surface area contributed by atoms with Crippen LogP contribution < -0.4 is 5.32 Å². The first-order chi connectivity index (χ1) is 5.54. The van der Waals surface area contributed by atoms with E-state index in [0.29, 0.717) is 6.21 Å². The largest absolute Gasteiger partial charge is 0.419 e. The number of hydrogen-bond donors (Lipinski definition) is 2. The summed E-state index contributed by atoms with van der Waals surface area (Å²) in [6.07, 6.45) is -3.92. The number of allylic oxidation sites excluding steroid dienone is 1. The Morgan fingerprint density at radius 3 is 2.58 bits per heavy atom. The molecule has 0 aromatic heterocycles. The van der Waals surface area contributed by atoms with Crippen LogP contribution in [0.3, 0.4) is 0 Å².